The van der Waals surface area contributed by atoms with E-state index in [0.29, 0.717) is 0 Å². The average molecular weight is 436 g/mol. The van der Waals surface area contributed by atoms with Gasteiger partial charge in [-0.2, -0.15) is 0 Å². The SMILES string of the molecule is O=C([O-])CC(O)(CC(=O)[O-])C(=O)[O-].[Hg+].[Na+].[Na+]. The number of carbonyl (C=O) groups excluding carboxylic acids is 3. The number of aliphatic carboxylic acids is 3. The quantitative estimate of drug-likeness (QED) is 0.423. The van der Waals surface area contributed by atoms with Gasteiger partial charge in [0.1, 0.15) is 5.60 Å². The first-order valence-electron chi connectivity index (χ1n) is 3.11. The fourth-order valence-corrected chi connectivity index (χ4v) is 0.684. The smallest absolute Gasteiger partial charge is 0.550 e. The third-order valence-electron chi connectivity index (χ3n) is 1.25. The summed E-state index contributed by atoms with van der Waals surface area (Å²) in [5, 5.41) is 38.9. The van der Waals surface area contributed by atoms with Crippen LogP contribution in [0.1, 0.15) is 12.8 Å². The van der Waals surface area contributed by atoms with Gasteiger partial charge in [-0.15, -0.1) is 0 Å². The van der Waals surface area contributed by atoms with Crippen molar-refractivity contribution in [1.29, 1.82) is 0 Å². The molecular formula is C6H5HgNa2O7. The van der Waals surface area contributed by atoms with Crippen LogP contribution >= 0.6 is 0 Å². The minimum atomic E-state index is -2.97. The van der Waals surface area contributed by atoms with E-state index in [0.717, 1.165) is 0 Å². The molecule has 16 heavy (non-hydrogen) atoms. The van der Waals surface area contributed by atoms with Gasteiger partial charge in [-0.25, -0.2) is 0 Å². The van der Waals surface area contributed by atoms with Crippen molar-refractivity contribution in [2.45, 2.75) is 18.4 Å². The van der Waals surface area contributed by atoms with Gasteiger partial charge >= 0.3 is 86.8 Å². The van der Waals surface area contributed by atoms with Crippen LogP contribution in [0.5, 0.6) is 0 Å². The Labute approximate surface area is 156 Å². The van der Waals surface area contributed by atoms with E-state index in [1.165, 1.54) is 0 Å². The van der Waals surface area contributed by atoms with Crippen LogP contribution in [0.4, 0.5) is 0 Å². The Kier molecular flexibility index (Phi) is 18.5. The summed E-state index contributed by atoms with van der Waals surface area (Å²) >= 11 is 0. The molecule has 0 bridgehead atoms. The van der Waals surface area contributed by atoms with E-state index in [1.807, 2.05) is 0 Å². The molecule has 0 aliphatic rings. The third kappa shape index (κ3) is 10.5. The summed E-state index contributed by atoms with van der Waals surface area (Å²) in [4.78, 5) is 30.0. The van der Waals surface area contributed by atoms with Crippen LogP contribution < -0.4 is 74.4 Å². The van der Waals surface area contributed by atoms with Crippen LogP contribution in [0.3, 0.4) is 0 Å². The summed E-state index contributed by atoms with van der Waals surface area (Å²) in [7, 11) is 0. The molecule has 0 aliphatic heterocycles. The van der Waals surface area contributed by atoms with E-state index >= 15 is 0 Å². The number of hydrogen-bond acceptors (Lipinski definition) is 7. The summed E-state index contributed by atoms with van der Waals surface area (Å²) < 4.78 is 0. The van der Waals surface area contributed by atoms with Gasteiger partial charge in [-0.3, -0.25) is 0 Å². The molecule has 0 fully saturated rings. The number of carbonyl (C=O) groups is 3. The first-order chi connectivity index (χ1) is 5.78. The Hall–Kier alpha value is 1.31. The minimum absolute atomic E-state index is 0. The normalized spacial score (nSPS) is 8.81. The van der Waals surface area contributed by atoms with Crippen LogP contribution in [-0.4, -0.2) is 28.6 Å². The Bertz CT molecular complexity index is 241. The van der Waals surface area contributed by atoms with Crippen molar-refractivity contribution in [3.63, 3.8) is 0 Å². The van der Waals surface area contributed by atoms with E-state index in [9.17, 15) is 29.7 Å². The van der Waals surface area contributed by atoms with E-state index < -0.39 is 36.4 Å². The van der Waals surface area contributed by atoms with Gasteiger partial charge < -0.3 is 34.8 Å². The zero-order valence-corrected chi connectivity index (χ0v) is 18.5. The molecule has 1 N–H and O–H groups in total. The molecule has 1 radical (unpaired) electrons. The Morgan fingerprint density at radius 2 is 1.19 bits per heavy atom. The van der Waals surface area contributed by atoms with E-state index in [4.69, 9.17) is 5.11 Å². The number of rotatable bonds is 5. The van der Waals surface area contributed by atoms with Gasteiger partial charge in [0.05, 0.1) is 5.97 Å². The number of hydrogen-bond donors (Lipinski definition) is 1. The number of aliphatic hydroxyl groups is 1. The summed E-state index contributed by atoms with van der Waals surface area (Å²) in [5.74, 6) is -5.98. The predicted octanol–water partition coefficient (Wildman–Crippen LogP) is -11.2. The molecule has 0 amide bonds. The largest absolute Gasteiger partial charge is 1.00 e. The zero-order chi connectivity index (χ0) is 10.6. The van der Waals surface area contributed by atoms with E-state index in [2.05, 4.69) is 0 Å². The predicted molar refractivity (Wildman–Crippen MR) is 29.2 cm³/mol. The summed E-state index contributed by atoms with van der Waals surface area (Å²) in [6.07, 6.45) is -2.72. The Balaban J connectivity index is -0.000000240. The minimum Gasteiger partial charge on any atom is -0.550 e. The van der Waals surface area contributed by atoms with Crippen molar-refractivity contribution in [2.75, 3.05) is 0 Å². The zero-order valence-electron chi connectivity index (χ0n) is 9.02. The molecule has 0 heterocycles. The molecule has 10 heteroatoms. The maximum absolute atomic E-state index is 10.1. The molecule has 0 saturated carbocycles. The van der Waals surface area contributed by atoms with E-state index in [1.54, 1.807) is 0 Å². The van der Waals surface area contributed by atoms with Gasteiger partial charge in [0.2, 0.25) is 0 Å². The molecule has 0 saturated heterocycles. The summed E-state index contributed by atoms with van der Waals surface area (Å²) in [6, 6.07) is 0. The molecule has 0 aromatic carbocycles. The summed E-state index contributed by atoms with van der Waals surface area (Å²) in [5.41, 5.74) is -2.97. The molecule has 0 aromatic rings. The van der Waals surface area contributed by atoms with Crippen molar-refractivity contribution in [3.8, 4) is 0 Å². The van der Waals surface area contributed by atoms with Crippen molar-refractivity contribution in [1.82, 2.24) is 0 Å². The molecular weight excluding hydrogens is 431 g/mol. The van der Waals surface area contributed by atoms with Gasteiger partial charge in [0.15, 0.2) is 0 Å². The fourth-order valence-electron chi connectivity index (χ4n) is 0.684. The first kappa shape index (κ1) is 26.0. The maximum Gasteiger partial charge on any atom is 1.00 e. The Morgan fingerprint density at radius 3 is 1.31 bits per heavy atom. The standard InChI is InChI=1S/C6H8O7.Hg.2Na/c7-3(8)1-6(13,5(11)12)2-4(9)10;;;/h13H,1-2H2,(H,7,8)(H,9,10)(H,11,12);;;/q;3*+1/p-3. The first-order valence-corrected chi connectivity index (χ1v) is 3.11. The summed E-state index contributed by atoms with van der Waals surface area (Å²) in [6.45, 7) is 0. The molecule has 0 unspecified atom stereocenters. The van der Waals surface area contributed by atoms with E-state index in [-0.39, 0.29) is 86.8 Å². The van der Waals surface area contributed by atoms with Crippen LogP contribution in [0, 0.1) is 0 Å². The molecule has 0 atom stereocenters. The van der Waals surface area contributed by atoms with Crippen molar-refractivity contribution >= 4 is 17.9 Å². The number of carboxylic acid groups (broad SMARTS) is 3. The van der Waals surface area contributed by atoms with Crippen molar-refractivity contribution < 1.29 is 122 Å². The monoisotopic (exact) mass is 437 g/mol. The average Bonchev–Trinajstić information content (AvgIpc) is 1.82. The molecule has 0 aliphatic carbocycles. The molecule has 0 rings (SSSR count). The topological polar surface area (TPSA) is 141 Å². The van der Waals surface area contributed by atoms with Crippen molar-refractivity contribution in [2.24, 2.45) is 0 Å². The second-order valence-electron chi connectivity index (χ2n) is 2.42. The van der Waals surface area contributed by atoms with Crippen LogP contribution in [0.2, 0.25) is 0 Å². The van der Waals surface area contributed by atoms with Crippen LogP contribution in [0.15, 0.2) is 0 Å². The molecule has 75 valence electrons. The Morgan fingerprint density at radius 1 is 0.938 bits per heavy atom. The maximum atomic E-state index is 10.1. The fraction of sp³-hybridized carbons (Fsp3) is 0.500. The van der Waals surface area contributed by atoms with Gasteiger partial charge in [-0.1, -0.05) is 0 Å². The second kappa shape index (κ2) is 11.4. The third-order valence-corrected chi connectivity index (χ3v) is 1.25. The van der Waals surface area contributed by atoms with Gasteiger partial charge in [0, 0.05) is 24.8 Å². The van der Waals surface area contributed by atoms with Crippen molar-refractivity contribution in [3.05, 3.63) is 0 Å². The second-order valence-corrected chi connectivity index (χ2v) is 2.42. The van der Waals surface area contributed by atoms with Crippen LogP contribution in [0.25, 0.3) is 0 Å². The molecule has 0 aromatic heterocycles. The molecule has 7 nitrogen and oxygen atoms in total. The number of carboxylic acids is 3. The van der Waals surface area contributed by atoms with Gasteiger partial charge in [-0.05, 0) is 0 Å². The molecule has 0 spiro atoms. The van der Waals surface area contributed by atoms with Crippen LogP contribution in [-0.2, 0) is 42.1 Å². The van der Waals surface area contributed by atoms with Gasteiger partial charge in [0.25, 0.3) is 0 Å².